The van der Waals surface area contributed by atoms with Gasteiger partial charge in [0.15, 0.2) is 0 Å². The van der Waals surface area contributed by atoms with Crippen molar-refractivity contribution in [1.29, 1.82) is 0 Å². The number of hydrogen-bond acceptors (Lipinski definition) is 4. The number of halogens is 6. The molecule has 0 amide bonds. The van der Waals surface area contributed by atoms with Crippen LogP contribution >= 0.6 is 0 Å². The fraction of sp³-hybridized carbons (Fsp3) is 0.429. The molecule has 2 saturated heterocycles. The van der Waals surface area contributed by atoms with Crippen molar-refractivity contribution in [3.05, 3.63) is 53.2 Å². The van der Waals surface area contributed by atoms with E-state index in [0.29, 0.717) is 24.7 Å². The van der Waals surface area contributed by atoms with E-state index >= 15 is 0 Å². The second-order valence-corrected chi connectivity index (χ2v) is 7.92. The quantitative estimate of drug-likeness (QED) is 0.620. The molecule has 32 heavy (non-hydrogen) atoms. The highest BCUT2D eigenvalue weighted by atomic mass is 19.4. The summed E-state index contributed by atoms with van der Waals surface area (Å²) in [6.07, 6.45) is -6.40. The maximum Gasteiger partial charge on any atom is 0.417 e. The molecule has 2 unspecified atom stereocenters. The van der Waals surface area contributed by atoms with Gasteiger partial charge in [-0.1, -0.05) is 0 Å². The van der Waals surface area contributed by atoms with Crippen LogP contribution in [0, 0.1) is 0 Å². The van der Waals surface area contributed by atoms with Gasteiger partial charge in [0.2, 0.25) is 0 Å². The van der Waals surface area contributed by atoms with E-state index in [-0.39, 0.29) is 17.8 Å². The third kappa shape index (κ3) is 4.33. The van der Waals surface area contributed by atoms with Crippen molar-refractivity contribution >= 4 is 11.8 Å². The van der Waals surface area contributed by atoms with Gasteiger partial charge in [-0.05, 0) is 43.2 Å². The Labute approximate surface area is 178 Å². The van der Waals surface area contributed by atoms with Gasteiger partial charge >= 0.3 is 18.3 Å². The molecule has 1 aromatic heterocycles. The molecule has 1 N–H and O–H groups in total. The first-order valence-electron chi connectivity index (χ1n) is 9.86. The van der Waals surface area contributed by atoms with Crippen LogP contribution in [0.4, 0.5) is 32.2 Å². The largest absolute Gasteiger partial charge is 0.489 e. The predicted octanol–water partition coefficient (Wildman–Crippen LogP) is 5.40. The highest BCUT2D eigenvalue weighted by Crippen LogP contribution is 2.41. The SMILES string of the molecule is O=C(O)c1cc(C(F)(F)F)ccc1OC1CC2CC[C@H](C1)N2c1ccc(C(F)(F)F)cn1. The predicted molar refractivity (Wildman–Crippen MR) is 101 cm³/mol. The molecule has 11 heteroatoms. The molecule has 2 aromatic rings. The van der Waals surface area contributed by atoms with Gasteiger partial charge < -0.3 is 14.7 Å². The number of ether oxygens (including phenoxy) is 1. The lowest BCUT2D eigenvalue weighted by molar-refractivity contribution is -0.138. The molecule has 0 saturated carbocycles. The zero-order chi connectivity index (χ0) is 23.3. The lowest BCUT2D eigenvalue weighted by Crippen LogP contribution is -2.47. The molecule has 5 nitrogen and oxygen atoms in total. The molecule has 172 valence electrons. The van der Waals surface area contributed by atoms with Gasteiger partial charge in [-0.25, -0.2) is 9.78 Å². The fourth-order valence-corrected chi connectivity index (χ4v) is 4.46. The Kier molecular flexibility index (Phi) is 5.46. The number of carbonyl (C=O) groups is 1. The normalized spacial score (nSPS) is 23.3. The van der Waals surface area contributed by atoms with Crippen LogP contribution in [0.1, 0.15) is 47.2 Å². The molecule has 2 aliphatic heterocycles. The van der Waals surface area contributed by atoms with E-state index in [2.05, 4.69) is 4.98 Å². The number of rotatable bonds is 4. The molecular weight excluding hydrogens is 442 g/mol. The Balaban J connectivity index is 1.50. The highest BCUT2D eigenvalue weighted by Gasteiger charge is 2.43. The van der Waals surface area contributed by atoms with E-state index in [4.69, 9.17) is 4.74 Å². The number of carboxylic acid groups (broad SMARTS) is 1. The molecule has 4 rings (SSSR count). The number of pyridine rings is 1. The number of alkyl halides is 6. The average molecular weight is 460 g/mol. The van der Waals surface area contributed by atoms with Gasteiger partial charge in [-0.15, -0.1) is 0 Å². The number of hydrogen-bond donors (Lipinski definition) is 1. The Morgan fingerprint density at radius 3 is 2.06 bits per heavy atom. The van der Waals surface area contributed by atoms with Crippen molar-refractivity contribution < 1.29 is 41.0 Å². The maximum absolute atomic E-state index is 12.9. The maximum atomic E-state index is 12.9. The first kappa shape index (κ1) is 22.2. The molecule has 3 heterocycles. The summed E-state index contributed by atoms with van der Waals surface area (Å²) >= 11 is 0. The summed E-state index contributed by atoms with van der Waals surface area (Å²) in [4.78, 5) is 17.4. The number of benzene rings is 1. The van der Waals surface area contributed by atoms with Gasteiger partial charge in [0.25, 0.3) is 0 Å². The smallest absolute Gasteiger partial charge is 0.417 e. The highest BCUT2D eigenvalue weighted by molar-refractivity contribution is 5.91. The number of anilines is 1. The van der Waals surface area contributed by atoms with Crippen LogP contribution < -0.4 is 9.64 Å². The molecule has 0 spiro atoms. The number of aromatic nitrogens is 1. The minimum Gasteiger partial charge on any atom is -0.489 e. The van der Waals surface area contributed by atoms with Crippen LogP contribution in [-0.2, 0) is 12.4 Å². The van der Waals surface area contributed by atoms with Gasteiger partial charge in [0, 0.05) is 31.1 Å². The molecule has 0 radical (unpaired) electrons. The van der Waals surface area contributed by atoms with Crippen molar-refractivity contribution in [2.24, 2.45) is 0 Å². The number of aromatic carboxylic acids is 1. The second-order valence-electron chi connectivity index (χ2n) is 7.92. The topological polar surface area (TPSA) is 62.7 Å². The van der Waals surface area contributed by atoms with E-state index < -0.39 is 41.1 Å². The first-order valence-corrected chi connectivity index (χ1v) is 9.86. The Bertz CT molecular complexity index is 992. The summed E-state index contributed by atoms with van der Waals surface area (Å²) in [5, 5.41) is 9.33. The Morgan fingerprint density at radius 1 is 0.969 bits per heavy atom. The summed E-state index contributed by atoms with van der Waals surface area (Å²) < 4.78 is 82.9. The van der Waals surface area contributed by atoms with Crippen LogP contribution in [0.5, 0.6) is 5.75 Å². The van der Waals surface area contributed by atoms with E-state index in [1.54, 1.807) is 0 Å². The molecule has 0 aliphatic carbocycles. The third-order valence-corrected chi connectivity index (χ3v) is 5.86. The molecule has 2 fully saturated rings. The van der Waals surface area contributed by atoms with E-state index in [1.807, 2.05) is 4.90 Å². The average Bonchev–Trinajstić information content (AvgIpc) is 2.97. The molecule has 3 atom stereocenters. The Morgan fingerprint density at radius 2 is 1.56 bits per heavy atom. The van der Waals surface area contributed by atoms with E-state index in [1.165, 1.54) is 6.07 Å². The summed E-state index contributed by atoms with van der Waals surface area (Å²) in [5.74, 6) is -1.25. The van der Waals surface area contributed by atoms with Crippen molar-refractivity contribution in [1.82, 2.24) is 4.98 Å². The van der Waals surface area contributed by atoms with Crippen molar-refractivity contribution in [2.75, 3.05) is 4.90 Å². The van der Waals surface area contributed by atoms with Crippen molar-refractivity contribution in [2.45, 2.75) is 56.2 Å². The van der Waals surface area contributed by atoms with Crippen LogP contribution in [0.15, 0.2) is 36.5 Å². The fourth-order valence-electron chi connectivity index (χ4n) is 4.46. The number of carboxylic acids is 1. The molecule has 2 aliphatic rings. The molecular formula is C21H18F6N2O3. The third-order valence-electron chi connectivity index (χ3n) is 5.86. The lowest BCUT2D eigenvalue weighted by atomic mass is 9.99. The number of fused-ring (bicyclic) bond motifs is 2. The first-order chi connectivity index (χ1) is 14.9. The minimum atomic E-state index is -4.68. The van der Waals surface area contributed by atoms with Crippen molar-refractivity contribution in [3.8, 4) is 5.75 Å². The lowest BCUT2D eigenvalue weighted by Gasteiger charge is -2.39. The second kappa shape index (κ2) is 7.86. The van der Waals surface area contributed by atoms with E-state index in [9.17, 15) is 36.2 Å². The van der Waals surface area contributed by atoms with Crippen molar-refractivity contribution in [3.63, 3.8) is 0 Å². The zero-order valence-corrected chi connectivity index (χ0v) is 16.5. The van der Waals surface area contributed by atoms with Crippen LogP contribution in [0.25, 0.3) is 0 Å². The summed E-state index contributed by atoms with van der Waals surface area (Å²) in [7, 11) is 0. The van der Waals surface area contributed by atoms with Gasteiger partial charge in [0.05, 0.1) is 11.1 Å². The van der Waals surface area contributed by atoms with Crippen LogP contribution in [-0.4, -0.2) is 34.2 Å². The van der Waals surface area contributed by atoms with Gasteiger partial charge in [-0.2, -0.15) is 26.3 Å². The minimum absolute atomic E-state index is 0.0780. The van der Waals surface area contributed by atoms with Crippen LogP contribution in [0.2, 0.25) is 0 Å². The summed E-state index contributed by atoms with van der Waals surface area (Å²) in [5.41, 5.74) is -2.49. The monoisotopic (exact) mass is 460 g/mol. The summed E-state index contributed by atoms with van der Waals surface area (Å²) in [6, 6.07) is 4.49. The number of nitrogens with zero attached hydrogens (tertiary/aromatic N) is 2. The zero-order valence-electron chi connectivity index (χ0n) is 16.5. The Hall–Kier alpha value is -2.98. The number of piperidine rings is 1. The molecule has 2 bridgehead atoms. The van der Waals surface area contributed by atoms with Crippen LogP contribution in [0.3, 0.4) is 0 Å². The van der Waals surface area contributed by atoms with Gasteiger partial charge in [0.1, 0.15) is 23.2 Å². The summed E-state index contributed by atoms with van der Waals surface area (Å²) in [6.45, 7) is 0. The van der Waals surface area contributed by atoms with Gasteiger partial charge in [-0.3, -0.25) is 0 Å². The molecule has 1 aromatic carbocycles. The standard InChI is InChI=1S/C21H18F6N2O3/c22-20(23,24)11-1-5-17(16(7-11)19(30)31)32-15-8-13-3-4-14(9-15)29(13)18-6-2-12(10-28-18)21(25,26)27/h1-2,5-7,10,13-15H,3-4,8-9H2,(H,30,31)/t13-,14?,15?/m1/s1. The van der Waals surface area contributed by atoms with E-state index in [0.717, 1.165) is 37.2 Å².